The second kappa shape index (κ2) is 9.86. The van der Waals surface area contributed by atoms with E-state index >= 15 is 0 Å². The maximum Gasteiger partial charge on any atom is 0.221 e. The van der Waals surface area contributed by atoms with Crippen molar-refractivity contribution in [2.24, 2.45) is 11.7 Å². The molecule has 0 spiro atoms. The van der Waals surface area contributed by atoms with E-state index in [1.165, 1.54) is 28.6 Å². The van der Waals surface area contributed by atoms with Gasteiger partial charge in [0.2, 0.25) is 15.9 Å². The van der Waals surface area contributed by atoms with E-state index in [2.05, 4.69) is 0 Å². The Morgan fingerprint density at radius 1 is 1.16 bits per heavy atom. The van der Waals surface area contributed by atoms with Crippen LogP contribution in [0.5, 0.6) is 0 Å². The first-order chi connectivity index (χ1) is 14.7. The predicted octanol–water partition coefficient (Wildman–Crippen LogP) is 2.50. The van der Waals surface area contributed by atoms with Gasteiger partial charge in [0.05, 0.1) is 17.7 Å². The minimum Gasteiger partial charge on any atom is -0.369 e. The van der Waals surface area contributed by atoms with Gasteiger partial charge < -0.3 is 10.9 Å². The summed E-state index contributed by atoms with van der Waals surface area (Å²) < 4.78 is 41.3. The molecule has 1 fully saturated rings. The molecular formula is C22H28FN3O4S. The molecule has 0 saturated carbocycles. The van der Waals surface area contributed by atoms with Crippen molar-refractivity contribution < 1.29 is 22.8 Å². The van der Waals surface area contributed by atoms with Gasteiger partial charge in [-0.3, -0.25) is 4.79 Å². The van der Waals surface area contributed by atoms with Gasteiger partial charge in [-0.05, 0) is 35.6 Å². The Labute approximate surface area is 182 Å². The highest BCUT2D eigenvalue weighted by Gasteiger charge is 2.38. The van der Waals surface area contributed by atoms with Crippen LogP contribution in [0.3, 0.4) is 0 Å². The molecule has 3 N–H and O–H groups in total. The first-order valence-electron chi connectivity index (χ1n) is 10.2. The average Bonchev–Trinajstić information content (AvgIpc) is 2.74. The SMILES string of the molecule is CC(CC(CS(=O)(=O)N1CCN(O)CC1c1ccc(F)cc1)C(N)=O)c1ccccc1. The lowest BCUT2D eigenvalue weighted by Crippen LogP contribution is -2.51. The van der Waals surface area contributed by atoms with Crippen molar-refractivity contribution in [3.63, 3.8) is 0 Å². The van der Waals surface area contributed by atoms with Gasteiger partial charge in [0.1, 0.15) is 5.82 Å². The molecule has 3 rings (SSSR count). The number of sulfonamides is 1. The third-order valence-corrected chi connectivity index (χ3v) is 7.72. The summed E-state index contributed by atoms with van der Waals surface area (Å²) in [6, 6.07) is 14.4. The zero-order valence-electron chi connectivity index (χ0n) is 17.4. The molecular weight excluding hydrogens is 421 g/mol. The molecule has 3 atom stereocenters. The number of amides is 1. The highest BCUT2D eigenvalue weighted by molar-refractivity contribution is 7.89. The molecule has 7 nitrogen and oxygen atoms in total. The first kappa shape index (κ1) is 23.3. The monoisotopic (exact) mass is 449 g/mol. The molecule has 0 aromatic heterocycles. The molecule has 1 aliphatic rings. The molecule has 3 unspecified atom stereocenters. The lowest BCUT2D eigenvalue weighted by Gasteiger charge is -2.38. The minimum atomic E-state index is -3.89. The Kier molecular flexibility index (Phi) is 7.42. The zero-order valence-corrected chi connectivity index (χ0v) is 18.2. The van der Waals surface area contributed by atoms with Crippen LogP contribution in [0.15, 0.2) is 54.6 Å². The van der Waals surface area contributed by atoms with Gasteiger partial charge >= 0.3 is 0 Å². The van der Waals surface area contributed by atoms with Crippen molar-refractivity contribution in [3.8, 4) is 0 Å². The van der Waals surface area contributed by atoms with Crippen LogP contribution < -0.4 is 5.73 Å². The van der Waals surface area contributed by atoms with Crippen molar-refractivity contribution in [2.45, 2.75) is 25.3 Å². The summed E-state index contributed by atoms with van der Waals surface area (Å²) in [5, 5.41) is 11.0. The number of halogens is 1. The fourth-order valence-corrected chi connectivity index (χ4v) is 5.94. The fourth-order valence-electron chi connectivity index (χ4n) is 4.00. The molecule has 0 radical (unpaired) electrons. The summed E-state index contributed by atoms with van der Waals surface area (Å²) in [6.45, 7) is 2.18. The van der Waals surface area contributed by atoms with Crippen molar-refractivity contribution in [1.29, 1.82) is 0 Å². The minimum absolute atomic E-state index is 0.0453. The van der Waals surface area contributed by atoms with E-state index in [1.54, 1.807) is 0 Å². The van der Waals surface area contributed by atoms with Crippen LogP contribution in [0.1, 0.15) is 36.4 Å². The predicted molar refractivity (Wildman–Crippen MR) is 115 cm³/mol. The summed E-state index contributed by atoms with van der Waals surface area (Å²) in [7, 11) is -3.89. The Bertz CT molecular complexity index is 986. The second-order valence-corrected chi connectivity index (χ2v) is 9.98. The lowest BCUT2D eigenvalue weighted by molar-refractivity contribution is -0.123. The van der Waals surface area contributed by atoms with E-state index in [0.29, 0.717) is 12.0 Å². The number of piperazine rings is 1. The zero-order chi connectivity index (χ0) is 22.6. The molecule has 1 aliphatic heterocycles. The molecule has 1 saturated heterocycles. The summed E-state index contributed by atoms with van der Waals surface area (Å²) in [6.07, 6.45) is 0.305. The smallest absolute Gasteiger partial charge is 0.221 e. The van der Waals surface area contributed by atoms with Crippen LogP contribution in [-0.4, -0.2) is 54.3 Å². The van der Waals surface area contributed by atoms with Crippen molar-refractivity contribution in [2.75, 3.05) is 25.4 Å². The second-order valence-electron chi connectivity index (χ2n) is 8.02. The summed E-state index contributed by atoms with van der Waals surface area (Å²) in [5.74, 6) is -2.41. The molecule has 0 aliphatic carbocycles. The van der Waals surface area contributed by atoms with Crippen LogP contribution in [0, 0.1) is 11.7 Å². The van der Waals surface area contributed by atoms with Crippen LogP contribution in [-0.2, 0) is 14.8 Å². The van der Waals surface area contributed by atoms with Gasteiger partial charge in [-0.15, -0.1) is 0 Å². The largest absolute Gasteiger partial charge is 0.369 e. The van der Waals surface area contributed by atoms with Gasteiger partial charge in [-0.2, -0.15) is 9.37 Å². The number of primary amides is 1. The van der Waals surface area contributed by atoms with E-state index in [0.717, 1.165) is 10.6 Å². The van der Waals surface area contributed by atoms with E-state index < -0.39 is 39.5 Å². The summed E-state index contributed by atoms with van der Waals surface area (Å²) in [4.78, 5) is 12.1. The van der Waals surface area contributed by atoms with Crippen LogP contribution in [0.25, 0.3) is 0 Å². The third-order valence-electron chi connectivity index (χ3n) is 5.74. The summed E-state index contributed by atoms with van der Waals surface area (Å²) >= 11 is 0. The van der Waals surface area contributed by atoms with E-state index in [4.69, 9.17) is 5.73 Å². The van der Waals surface area contributed by atoms with Gasteiger partial charge in [-0.25, -0.2) is 12.8 Å². The Morgan fingerprint density at radius 3 is 2.42 bits per heavy atom. The Hall–Kier alpha value is -2.33. The highest BCUT2D eigenvalue weighted by atomic mass is 32.2. The van der Waals surface area contributed by atoms with Crippen LogP contribution in [0.4, 0.5) is 4.39 Å². The van der Waals surface area contributed by atoms with E-state index in [1.807, 2.05) is 37.3 Å². The number of benzene rings is 2. The number of hydrogen-bond acceptors (Lipinski definition) is 5. The van der Waals surface area contributed by atoms with Gasteiger partial charge in [0, 0.05) is 19.6 Å². The molecule has 1 amide bonds. The van der Waals surface area contributed by atoms with E-state index in [-0.39, 0.29) is 25.6 Å². The van der Waals surface area contributed by atoms with Crippen molar-refractivity contribution in [3.05, 3.63) is 71.5 Å². The third kappa shape index (κ3) is 5.88. The van der Waals surface area contributed by atoms with Crippen LogP contribution >= 0.6 is 0 Å². The quantitative estimate of drug-likeness (QED) is 0.644. The molecule has 2 aromatic rings. The van der Waals surface area contributed by atoms with Gasteiger partial charge in [-0.1, -0.05) is 49.4 Å². The normalized spacial score (nSPS) is 20.3. The molecule has 9 heteroatoms. The first-order valence-corrected chi connectivity index (χ1v) is 11.8. The average molecular weight is 450 g/mol. The molecule has 0 bridgehead atoms. The molecule has 2 aromatic carbocycles. The fraction of sp³-hybridized carbons (Fsp3) is 0.409. The standard InChI is InChI=1S/C22H28FN3O4S/c1-16(17-5-3-2-4-6-17)13-19(22(24)27)15-31(29,30)26-12-11-25(28)14-21(26)18-7-9-20(23)10-8-18/h2-10,16,19,21,28H,11-15H2,1H3,(H2,24,27). The number of nitrogens with zero attached hydrogens (tertiary/aromatic N) is 2. The topological polar surface area (TPSA) is 104 Å². The maximum atomic E-state index is 13.3. The number of hydrogen-bond donors (Lipinski definition) is 2. The van der Waals surface area contributed by atoms with E-state index in [9.17, 15) is 22.8 Å². The van der Waals surface area contributed by atoms with Crippen molar-refractivity contribution >= 4 is 15.9 Å². The van der Waals surface area contributed by atoms with Gasteiger partial charge in [0.25, 0.3) is 0 Å². The Balaban J connectivity index is 1.81. The molecule has 31 heavy (non-hydrogen) atoms. The van der Waals surface area contributed by atoms with Gasteiger partial charge in [0.15, 0.2) is 0 Å². The number of carbonyl (C=O) groups excluding carboxylic acids is 1. The summed E-state index contributed by atoms with van der Waals surface area (Å²) in [5.41, 5.74) is 7.14. The highest BCUT2D eigenvalue weighted by Crippen LogP contribution is 2.30. The Morgan fingerprint density at radius 2 is 1.81 bits per heavy atom. The number of carbonyl (C=O) groups is 1. The maximum absolute atomic E-state index is 13.3. The number of nitrogens with two attached hydrogens (primary N) is 1. The number of hydroxylamine groups is 2. The molecule has 168 valence electrons. The lowest BCUT2D eigenvalue weighted by atomic mass is 9.91. The number of rotatable bonds is 8. The van der Waals surface area contributed by atoms with Crippen LogP contribution in [0.2, 0.25) is 0 Å². The molecule has 1 heterocycles. The van der Waals surface area contributed by atoms with Crippen molar-refractivity contribution in [1.82, 2.24) is 9.37 Å².